The van der Waals surface area contributed by atoms with Crippen LogP contribution in [-0.2, 0) is 0 Å². The highest BCUT2D eigenvalue weighted by Gasteiger charge is 2.29. The zero-order valence-electron chi connectivity index (χ0n) is 14.2. The van der Waals surface area contributed by atoms with Gasteiger partial charge in [-0.1, -0.05) is 17.7 Å². The predicted octanol–water partition coefficient (Wildman–Crippen LogP) is 4.26. The summed E-state index contributed by atoms with van der Waals surface area (Å²) in [4.78, 5) is 12.5. The summed E-state index contributed by atoms with van der Waals surface area (Å²) < 4.78 is 4.82. The van der Waals surface area contributed by atoms with Crippen LogP contribution < -0.4 is 10.1 Å². The lowest BCUT2D eigenvalue weighted by atomic mass is 9.95. The molecule has 0 aliphatic rings. The maximum absolute atomic E-state index is 12.5. The zero-order valence-corrected chi connectivity index (χ0v) is 14.2. The van der Waals surface area contributed by atoms with E-state index < -0.39 is 0 Å². The Kier molecular flexibility index (Phi) is 3.67. The van der Waals surface area contributed by atoms with E-state index in [1.807, 2.05) is 26.0 Å². The van der Waals surface area contributed by atoms with Gasteiger partial charge in [0.25, 0.3) is 0 Å². The zero-order chi connectivity index (χ0) is 16.9. The van der Waals surface area contributed by atoms with Gasteiger partial charge >= 0.3 is 8.05 Å². The molecule has 0 spiro atoms. The van der Waals surface area contributed by atoms with Crippen molar-refractivity contribution in [2.75, 3.05) is 0 Å². The van der Waals surface area contributed by atoms with Gasteiger partial charge in [-0.15, -0.1) is 0 Å². The van der Waals surface area contributed by atoms with Crippen molar-refractivity contribution in [1.29, 1.82) is 0 Å². The van der Waals surface area contributed by atoms with Crippen molar-refractivity contribution >= 4 is 8.05 Å². The smallest absolute Gasteiger partial charge is 0.374 e. The second-order valence-electron chi connectivity index (χ2n) is 6.40. The highest BCUT2D eigenvalue weighted by atomic mass is 16.4. The van der Waals surface area contributed by atoms with Gasteiger partial charge in [-0.05, 0) is 80.1 Å². The molecule has 0 unspecified atom stereocenters. The van der Waals surface area contributed by atoms with Crippen molar-refractivity contribution in [3.63, 3.8) is 0 Å². The summed E-state index contributed by atoms with van der Waals surface area (Å²) in [6.07, 6.45) is 0. The molecule has 3 rings (SSSR count). The Morgan fingerprint density at radius 3 is 1.48 bits per heavy atom. The van der Waals surface area contributed by atoms with Gasteiger partial charge in [-0.3, -0.25) is 4.79 Å². The molecule has 0 saturated heterocycles. The van der Waals surface area contributed by atoms with Gasteiger partial charge in [0, 0.05) is 11.1 Å². The van der Waals surface area contributed by atoms with Crippen molar-refractivity contribution in [1.82, 2.24) is 0 Å². The SMILES string of the molecule is [B]Oc1cc(C)c(-c2c(-c3c(C)cc(C)cc3C)c2=O)c(C)c1. The Morgan fingerprint density at radius 2 is 1.09 bits per heavy atom. The molecular weight excluding hydrogens is 283 g/mol. The van der Waals surface area contributed by atoms with Gasteiger partial charge in [0.15, 0.2) is 5.43 Å². The van der Waals surface area contributed by atoms with Crippen molar-refractivity contribution in [3.8, 4) is 28.0 Å². The first-order chi connectivity index (χ1) is 10.8. The minimum absolute atomic E-state index is 0.146. The fraction of sp³-hybridized carbons (Fsp3) is 0.250. The van der Waals surface area contributed by atoms with Gasteiger partial charge in [0.1, 0.15) is 0 Å². The van der Waals surface area contributed by atoms with E-state index in [1.165, 1.54) is 5.56 Å². The molecule has 0 heterocycles. The Bertz CT molecular complexity index is 881. The van der Waals surface area contributed by atoms with Gasteiger partial charge in [-0.2, -0.15) is 0 Å². The molecule has 0 fully saturated rings. The lowest BCUT2D eigenvalue weighted by Gasteiger charge is -2.10. The van der Waals surface area contributed by atoms with Crippen molar-refractivity contribution in [2.24, 2.45) is 0 Å². The maximum atomic E-state index is 12.5. The van der Waals surface area contributed by atoms with Crippen LogP contribution in [0.25, 0.3) is 22.3 Å². The molecule has 2 radical (unpaired) electrons. The van der Waals surface area contributed by atoms with E-state index in [4.69, 9.17) is 12.7 Å². The summed E-state index contributed by atoms with van der Waals surface area (Å²) in [5.41, 5.74) is 9.45. The van der Waals surface area contributed by atoms with E-state index in [-0.39, 0.29) is 5.43 Å². The topological polar surface area (TPSA) is 26.3 Å². The summed E-state index contributed by atoms with van der Waals surface area (Å²) in [5, 5.41) is 0. The van der Waals surface area contributed by atoms with Crippen LogP contribution in [0.15, 0.2) is 29.1 Å². The van der Waals surface area contributed by atoms with E-state index in [2.05, 4.69) is 32.9 Å². The van der Waals surface area contributed by atoms with E-state index >= 15 is 0 Å². The molecule has 0 aliphatic carbocycles. The second kappa shape index (κ2) is 5.41. The van der Waals surface area contributed by atoms with Crippen LogP contribution in [0.5, 0.6) is 5.75 Å². The molecule has 3 aromatic rings. The lowest BCUT2D eigenvalue weighted by molar-refractivity contribution is 0.615. The average molecular weight is 302 g/mol. The molecule has 114 valence electrons. The molecule has 2 nitrogen and oxygen atoms in total. The summed E-state index contributed by atoms with van der Waals surface area (Å²) in [7, 11) is 5.25. The first-order valence-corrected chi connectivity index (χ1v) is 7.70. The molecule has 0 aliphatic heterocycles. The van der Waals surface area contributed by atoms with Gasteiger partial charge in [0.2, 0.25) is 0 Å². The Labute approximate surface area is 138 Å². The predicted molar refractivity (Wildman–Crippen MR) is 96.0 cm³/mol. The maximum Gasteiger partial charge on any atom is 0.374 e. The number of benzene rings is 2. The van der Waals surface area contributed by atoms with Crippen molar-refractivity contribution in [3.05, 3.63) is 62.3 Å². The summed E-state index contributed by atoms with van der Waals surface area (Å²) in [6.45, 7) is 10.2. The number of hydrogen-bond acceptors (Lipinski definition) is 2. The third-order valence-corrected chi connectivity index (χ3v) is 4.46. The molecule has 3 aromatic carbocycles. The molecule has 0 amide bonds. The molecule has 0 N–H and O–H groups in total. The first-order valence-electron chi connectivity index (χ1n) is 7.70. The van der Waals surface area contributed by atoms with E-state index in [1.54, 1.807) is 0 Å². The van der Waals surface area contributed by atoms with Crippen LogP contribution >= 0.6 is 0 Å². The van der Waals surface area contributed by atoms with Crippen molar-refractivity contribution < 1.29 is 4.65 Å². The number of rotatable bonds is 3. The fourth-order valence-electron chi connectivity index (χ4n) is 3.61. The van der Waals surface area contributed by atoms with Gasteiger partial charge < -0.3 is 4.65 Å². The van der Waals surface area contributed by atoms with Crippen LogP contribution in [0.4, 0.5) is 0 Å². The molecule has 3 heteroatoms. The average Bonchev–Trinajstić information content (AvgIpc) is 3.07. The molecule has 23 heavy (non-hydrogen) atoms. The van der Waals surface area contributed by atoms with Crippen LogP contribution in [0, 0.1) is 34.6 Å². The Balaban J connectivity index is 2.17. The first kappa shape index (κ1) is 15.6. The molecule has 0 saturated carbocycles. The van der Waals surface area contributed by atoms with Gasteiger partial charge in [-0.25, -0.2) is 0 Å². The summed E-state index contributed by atoms with van der Waals surface area (Å²) >= 11 is 0. The van der Waals surface area contributed by atoms with E-state index in [0.29, 0.717) is 5.75 Å². The van der Waals surface area contributed by atoms with Crippen LogP contribution in [-0.4, -0.2) is 8.05 Å². The van der Waals surface area contributed by atoms with Crippen LogP contribution in [0.3, 0.4) is 0 Å². The highest BCUT2D eigenvalue weighted by molar-refractivity contribution is 6.00. The minimum atomic E-state index is 0.146. The van der Waals surface area contributed by atoms with Gasteiger partial charge in [0.05, 0.1) is 5.75 Å². The standard InChI is InChI=1S/C20H19BO2/c1-10-6-11(2)16(12(3)7-10)18-19(20(18)22)17-13(4)8-15(23-21)9-14(17)5/h6-9H,1-5H3. The Hall–Kier alpha value is -2.29. The second-order valence-corrected chi connectivity index (χ2v) is 6.40. The third-order valence-electron chi connectivity index (χ3n) is 4.46. The lowest BCUT2D eigenvalue weighted by Crippen LogP contribution is -1.91. The quantitative estimate of drug-likeness (QED) is 0.676. The summed E-state index contributed by atoms with van der Waals surface area (Å²) in [5.74, 6) is 0.613. The normalized spacial score (nSPS) is 11.2. The molecule has 0 bridgehead atoms. The molecule has 0 atom stereocenters. The fourth-order valence-corrected chi connectivity index (χ4v) is 3.61. The number of hydrogen-bond donors (Lipinski definition) is 0. The van der Waals surface area contributed by atoms with Crippen LogP contribution in [0.1, 0.15) is 27.8 Å². The van der Waals surface area contributed by atoms with Crippen LogP contribution in [0.2, 0.25) is 0 Å². The molecular formula is C20H19BO2. The largest absolute Gasteiger partial charge is 0.568 e. The van der Waals surface area contributed by atoms with Crippen molar-refractivity contribution in [2.45, 2.75) is 34.6 Å². The monoisotopic (exact) mass is 302 g/mol. The Morgan fingerprint density at radius 1 is 0.696 bits per heavy atom. The van der Waals surface area contributed by atoms with E-state index in [9.17, 15) is 4.79 Å². The third kappa shape index (κ3) is 2.50. The number of aryl methyl sites for hydroxylation is 5. The summed E-state index contributed by atoms with van der Waals surface area (Å²) in [6, 6.07) is 7.99. The van der Waals surface area contributed by atoms with E-state index in [0.717, 1.165) is 44.5 Å². The highest BCUT2D eigenvalue weighted by Crippen LogP contribution is 2.41. The minimum Gasteiger partial charge on any atom is -0.568 e. The molecule has 0 aromatic heterocycles.